The Labute approximate surface area is 205 Å². The number of nitrogens with zero attached hydrogens (tertiary/aromatic N) is 6. The maximum atomic E-state index is 6.47. The molecule has 2 aliphatic rings. The minimum atomic E-state index is 0. The maximum absolute atomic E-state index is 6.47. The van der Waals surface area contributed by atoms with Crippen molar-refractivity contribution in [3.05, 3.63) is 54.1 Å². The van der Waals surface area contributed by atoms with Crippen molar-refractivity contribution in [1.29, 1.82) is 0 Å². The van der Waals surface area contributed by atoms with Crippen molar-refractivity contribution in [3.8, 4) is 11.8 Å². The third-order valence-corrected chi connectivity index (χ3v) is 6.25. The first-order chi connectivity index (χ1) is 14.7. The standard InChI is InChI=1S/C22H26ClN7.2ClH/c23-19-20(24)25-22(30-15-7-18(8-16-30)28-11-3-4-12-28)26-21(19)29-13-5-17(6-14-29)27-9-1-2-10-27;;/h5-8,13-16H,1-4,9-12H2,(H2,24,25,26);2*1H/q+2;;/p-2. The van der Waals surface area contributed by atoms with Gasteiger partial charge in [0.05, 0.1) is 24.8 Å². The normalized spacial score (nSPS) is 15.4. The van der Waals surface area contributed by atoms with E-state index in [9.17, 15) is 0 Å². The molecule has 10 heteroatoms. The highest BCUT2D eigenvalue weighted by Gasteiger charge is 2.26. The van der Waals surface area contributed by atoms with Gasteiger partial charge in [0.25, 0.3) is 0 Å². The van der Waals surface area contributed by atoms with Crippen molar-refractivity contribution in [2.45, 2.75) is 25.7 Å². The first-order valence-corrected chi connectivity index (χ1v) is 10.9. The number of hydrogen-bond acceptors (Lipinski definition) is 5. The van der Waals surface area contributed by atoms with E-state index in [0.29, 0.717) is 16.8 Å². The lowest BCUT2D eigenvalue weighted by molar-refractivity contribution is -0.614. The minimum Gasteiger partial charge on any atom is -1.00 e. The first kappa shape index (κ1) is 24.3. The second-order valence-electron chi connectivity index (χ2n) is 7.86. The van der Waals surface area contributed by atoms with Gasteiger partial charge in [-0.05, 0) is 42.8 Å². The molecule has 170 valence electrons. The monoisotopic (exact) mass is 493 g/mol. The largest absolute Gasteiger partial charge is 1.00 e. The Bertz CT molecular complexity index is 1030. The van der Waals surface area contributed by atoms with E-state index in [4.69, 9.17) is 22.3 Å². The number of halogens is 3. The Morgan fingerprint density at radius 1 is 0.719 bits per heavy atom. The molecule has 7 nitrogen and oxygen atoms in total. The molecule has 0 radical (unpaired) electrons. The van der Waals surface area contributed by atoms with E-state index in [1.165, 1.54) is 37.1 Å². The molecule has 0 bridgehead atoms. The van der Waals surface area contributed by atoms with E-state index in [1.54, 1.807) is 0 Å². The Balaban J connectivity index is 0.00000144. The number of anilines is 3. The predicted octanol–water partition coefficient (Wildman–Crippen LogP) is -3.53. The lowest BCUT2D eigenvalue weighted by atomic mass is 10.3. The highest BCUT2D eigenvalue weighted by Crippen LogP contribution is 2.23. The zero-order valence-electron chi connectivity index (χ0n) is 17.7. The quantitative estimate of drug-likeness (QED) is 0.381. The van der Waals surface area contributed by atoms with Crippen molar-refractivity contribution < 1.29 is 33.9 Å². The summed E-state index contributed by atoms with van der Waals surface area (Å²) in [5, 5.41) is 0.354. The van der Waals surface area contributed by atoms with Crippen molar-refractivity contribution in [2.75, 3.05) is 41.7 Å². The third-order valence-electron chi connectivity index (χ3n) is 5.89. The molecule has 0 saturated carbocycles. The molecule has 3 aromatic heterocycles. The number of rotatable bonds is 4. The third kappa shape index (κ3) is 4.85. The summed E-state index contributed by atoms with van der Waals surface area (Å²) in [6.45, 7) is 4.45. The van der Waals surface area contributed by atoms with Crippen LogP contribution in [0.3, 0.4) is 0 Å². The number of nitrogen functional groups attached to an aromatic ring is 1. The fraction of sp³-hybridized carbons (Fsp3) is 0.364. The van der Waals surface area contributed by atoms with E-state index >= 15 is 0 Å². The molecule has 2 fully saturated rings. The van der Waals surface area contributed by atoms with E-state index in [2.05, 4.69) is 39.0 Å². The number of nitrogens with two attached hydrogens (primary N) is 1. The van der Waals surface area contributed by atoms with Crippen LogP contribution in [0.25, 0.3) is 11.8 Å². The van der Waals surface area contributed by atoms with Crippen LogP contribution in [0.5, 0.6) is 0 Å². The van der Waals surface area contributed by atoms with Crippen molar-refractivity contribution in [3.63, 3.8) is 0 Å². The maximum Gasteiger partial charge on any atom is 0.479 e. The van der Waals surface area contributed by atoms with Crippen LogP contribution in [0, 0.1) is 0 Å². The molecule has 2 aliphatic heterocycles. The molecule has 5 rings (SSSR count). The number of aromatic nitrogens is 4. The van der Waals surface area contributed by atoms with Gasteiger partial charge in [-0.15, -0.1) is 0 Å². The Hall–Kier alpha value is -2.35. The first-order valence-electron chi connectivity index (χ1n) is 10.6. The van der Waals surface area contributed by atoms with E-state index in [1.807, 2.05) is 33.9 Å². The lowest BCUT2D eigenvalue weighted by Crippen LogP contribution is -3.00. The molecule has 5 heterocycles. The summed E-state index contributed by atoms with van der Waals surface area (Å²) in [6, 6.07) is 8.38. The van der Waals surface area contributed by atoms with Crippen LogP contribution in [-0.4, -0.2) is 36.1 Å². The van der Waals surface area contributed by atoms with E-state index < -0.39 is 0 Å². The van der Waals surface area contributed by atoms with Gasteiger partial charge in [-0.2, -0.15) is 4.57 Å². The van der Waals surface area contributed by atoms with Crippen molar-refractivity contribution in [2.24, 2.45) is 0 Å². The zero-order valence-corrected chi connectivity index (χ0v) is 19.9. The van der Waals surface area contributed by atoms with Gasteiger partial charge in [0.15, 0.2) is 5.02 Å². The Morgan fingerprint density at radius 2 is 1.16 bits per heavy atom. The van der Waals surface area contributed by atoms with Crippen LogP contribution < -0.4 is 49.5 Å². The number of pyridine rings is 2. The smallest absolute Gasteiger partial charge is 0.479 e. The van der Waals surface area contributed by atoms with Crippen LogP contribution in [0.2, 0.25) is 5.02 Å². The molecule has 32 heavy (non-hydrogen) atoms. The van der Waals surface area contributed by atoms with Gasteiger partial charge in [0.2, 0.25) is 5.82 Å². The molecule has 2 saturated heterocycles. The van der Waals surface area contributed by atoms with Crippen LogP contribution >= 0.6 is 11.6 Å². The van der Waals surface area contributed by atoms with Crippen molar-refractivity contribution >= 4 is 28.8 Å². The summed E-state index contributed by atoms with van der Waals surface area (Å²) in [6.07, 6.45) is 12.9. The fourth-order valence-corrected chi connectivity index (χ4v) is 4.39. The van der Waals surface area contributed by atoms with Crippen LogP contribution in [0.1, 0.15) is 25.7 Å². The van der Waals surface area contributed by atoms with E-state index in [-0.39, 0.29) is 30.6 Å². The van der Waals surface area contributed by atoms with Gasteiger partial charge in [-0.1, -0.05) is 11.6 Å². The van der Waals surface area contributed by atoms with Crippen molar-refractivity contribution in [1.82, 2.24) is 9.97 Å². The summed E-state index contributed by atoms with van der Waals surface area (Å²) in [7, 11) is 0. The van der Waals surface area contributed by atoms with Crippen LogP contribution in [0.4, 0.5) is 17.2 Å². The topological polar surface area (TPSA) is 66.0 Å². The highest BCUT2D eigenvalue weighted by atomic mass is 35.5. The Morgan fingerprint density at radius 3 is 1.62 bits per heavy atom. The Kier molecular flexibility index (Phi) is 7.98. The molecule has 0 spiro atoms. The summed E-state index contributed by atoms with van der Waals surface area (Å²) in [4.78, 5) is 13.9. The van der Waals surface area contributed by atoms with Crippen LogP contribution in [0.15, 0.2) is 49.1 Å². The molecule has 0 amide bonds. The van der Waals surface area contributed by atoms with Gasteiger partial charge < -0.3 is 40.3 Å². The summed E-state index contributed by atoms with van der Waals surface area (Å²) in [5.74, 6) is 1.34. The fourth-order valence-electron chi connectivity index (χ4n) is 4.21. The number of hydrogen-bond donors (Lipinski definition) is 1. The molecule has 0 aliphatic carbocycles. The van der Waals surface area contributed by atoms with Gasteiger partial charge in [0, 0.05) is 54.7 Å². The molecular weight excluding hydrogens is 469 g/mol. The summed E-state index contributed by atoms with van der Waals surface area (Å²) < 4.78 is 3.76. The van der Waals surface area contributed by atoms with Gasteiger partial charge in [-0.3, -0.25) is 0 Å². The van der Waals surface area contributed by atoms with Gasteiger partial charge in [0.1, 0.15) is 0 Å². The molecule has 3 aromatic rings. The van der Waals surface area contributed by atoms with Gasteiger partial charge in [-0.25, -0.2) is 4.57 Å². The van der Waals surface area contributed by atoms with Gasteiger partial charge >= 0.3 is 11.8 Å². The highest BCUT2D eigenvalue weighted by molar-refractivity contribution is 6.34. The zero-order chi connectivity index (χ0) is 20.5. The molecule has 2 N–H and O–H groups in total. The molecular formula is C22H26Cl3N7. The second kappa shape index (κ2) is 10.5. The molecule has 0 atom stereocenters. The second-order valence-corrected chi connectivity index (χ2v) is 8.24. The van der Waals surface area contributed by atoms with Crippen LogP contribution in [-0.2, 0) is 0 Å². The SMILES string of the molecule is Nc1nc(-[n+]2ccc(N3CCCC3)cc2)nc(-[n+]2ccc(N3CCCC3)cc2)c1Cl.[Cl-].[Cl-]. The lowest BCUT2D eigenvalue weighted by Gasteiger charge is -2.17. The summed E-state index contributed by atoms with van der Waals surface area (Å²) >= 11 is 6.47. The summed E-state index contributed by atoms with van der Waals surface area (Å²) in [5.41, 5.74) is 8.57. The average Bonchev–Trinajstić information content (AvgIpc) is 3.50. The van der Waals surface area contributed by atoms with E-state index in [0.717, 1.165) is 26.2 Å². The predicted molar refractivity (Wildman–Crippen MR) is 117 cm³/mol. The molecule has 0 aromatic carbocycles. The minimum absolute atomic E-state index is 0. The molecule has 0 unspecified atom stereocenters. The average molecular weight is 495 g/mol.